The van der Waals surface area contributed by atoms with E-state index in [1.807, 2.05) is 0 Å². The Balaban J connectivity index is 1.20. The molecule has 0 unspecified atom stereocenters. The van der Waals surface area contributed by atoms with E-state index in [0.29, 0.717) is 23.5 Å². The summed E-state index contributed by atoms with van der Waals surface area (Å²) < 4.78 is 7.31. The van der Waals surface area contributed by atoms with Crippen LogP contribution in [0.2, 0.25) is 0 Å². The minimum atomic E-state index is -0.370. The first-order chi connectivity index (χ1) is 14.6. The van der Waals surface area contributed by atoms with Crippen molar-refractivity contribution in [3.63, 3.8) is 0 Å². The number of likely N-dealkylation sites (tertiary alicyclic amines) is 1. The van der Waals surface area contributed by atoms with Crippen molar-refractivity contribution >= 4 is 22.8 Å². The Labute approximate surface area is 176 Å². The van der Waals surface area contributed by atoms with Crippen molar-refractivity contribution < 1.29 is 9.53 Å². The molecular weight excluding hydrogens is 378 g/mol. The summed E-state index contributed by atoms with van der Waals surface area (Å²) in [7, 11) is 2.15. The smallest absolute Gasteiger partial charge is 0.341 e. The Hall–Kier alpha value is -2.93. The van der Waals surface area contributed by atoms with Gasteiger partial charge in [0.15, 0.2) is 0 Å². The van der Waals surface area contributed by atoms with Crippen molar-refractivity contribution in [1.29, 1.82) is 0 Å². The number of aryl methyl sites for hydroxylation is 1. The van der Waals surface area contributed by atoms with E-state index in [0.717, 1.165) is 39.1 Å². The zero-order valence-corrected chi connectivity index (χ0v) is 17.5. The van der Waals surface area contributed by atoms with Crippen molar-refractivity contribution in [1.82, 2.24) is 19.4 Å². The SMILES string of the molecule is CCOC(=O)c1cnc(N2CCC3(CN(Cc4cc5ccccc5n4C)C3)C2)nc1. The maximum absolute atomic E-state index is 11.8. The van der Waals surface area contributed by atoms with Crippen LogP contribution >= 0.6 is 0 Å². The minimum absolute atomic E-state index is 0.327. The maximum atomic E-state index is 11.8. The molecular formula is C23H27N5O2. The average molecular weight is 406 g/mol. The van der Waals surface area contributed by atoms with Crippen LogP contribution in [-0.4, -0.2) is 58.2 Å². The summed E-state index contributed by atoms with van der Waals surface area (Å²) in [6, 6.07) is 10.9. The normalized spacial score (nSPS) is 18.1. The van der Waals surface area contributed by atoms with E-state index in [4.69, 9.17) is 4.74 Å². The van der Waals surface area contributed by atoms with E-state index in [1.165, 1.54) is 16.6 Å². The van der Waals surface area contributed by atoms with Gasteiger partial charge in [0, 0.05) is 68.8 Å². The van der Waals surface area contributed by atoms with Gasteiger partial charge in [0.25, 0.3) is 0 Å². The van der Waals surface area contributed by atoms with Crippen LogP contribution in [0, 0.1) is 5.41 Å². The molecule has 0 radical (unpaired) electrons. The van der Waals surface area contributed by atoms with E-state index in [1.54, 1.807) is 19.3 Å². The van der Waals surface area contributed by atoms with E-state index < -0.39 is 0 Å². The highest BCUT2D eigenvalue weighted by molar-refractivity contribution is 5.88. The second-order valence-electron chi connectivity index (χ2n) is 8.56. The van der Waals surface area contributed by atoms with Crippen molar-refractivity contribution in [2.75, 3.05) is 37.7 Å². The number of aromatic nitrogens is 3. The standard InChI is InChI=1S/C23H27N5O2/c1-3-30-21(29)18-11-24-22(25-12-18)28-9-8-23(16-28)14-27(15-23)13-19-10-17-6-4-5-7-20(17)26(19)2/h4-7,10-12H,3,8-9,13-16H2,1-2H3. The van der Waals surface area contributed by atoms with Gasteiger partial charge in [0.2, 0.25) is 5.95 Å². The third kappa shape index (κ3) is 3.33. The topological polar surface area (TPSA) is 63.5 Å². The number of rotatable bonds is 5. The second-order valence-corrected chi connectivity index (χ2v) is 8.56. The first-order valence-electron chi connectivity index (χ1n) is 10.6. The molecule has 0 bridgehead atoms. The summed E-state index contributed by atoms with van der Waals surface area (Å²) >= 11 is 0. The zero-order chi connectivity index (χ0) is 20.7. The molecule has 3 aromatic rings. The number of carbonyl (C=O) groups excluding carboxylic acids is 1. The molecule has 2 saturated heterocycles. The fraction of sp³-hybridized carbons (Fsp3) is 0.435. The van der Waals surface area contributed by atoms with Gasteiger partial charge in [-0.25, -0.2) is 14.8 Å². The molecule has 30 heavy (non-hydrogen) atoms. The van der Waals surface area contributed by atoms with Crippen LogP contribution in [-0.2, 0) is 18.3 Å². The Morgan fingerprint density at radius 1 is 1.17 bits per heavy atom. The van der Waals surface area contributed by atoms with Gasteiger partial charge in [0.05, 0.1) is 12.2 Å². The number of fused-ring (bicyclic) bond motifs is 1. The molecule has 2 fully saturated rings. The molecule has 0 saturated carbocycles. The molecule has 4 heterocycles. The quantitative estimate of drug-likeness (QED) is 0.609. The van der Waals surface area contributed by atoms with E-state index in [-0.39, 0.29) is 5.97 Å². The maximum Gasteiger partial charge on any atom is 0.341 e. The van der Waals surface area contributed by atoms with Crippen LogP contribution in [0.5, 0.6) is 0 Å². The predicted octanol–water partition coefficient (Wildman–Crippen LogP) is 2.86. The highest BCUT2D eigenvalue weighted by Gasteiger charge is 2.48. The monoisotopic (exact) mass is 405 g/mol. The lowest BCUT2D eigenvalue weighted by atomic mass is 9.79. The average Bonchev–Trinajstić information content (AvgIpc) is 3.31. The molecule has 0 amide bonds. The van der Waals surface area contributed by atoms with E-state index in [9.17, 15) is 4.79 Å². The van der Waals surface area contributed by atoms with Gasteiger partial charge in [-0.15, -0.1) is 0 Å². The summed E-state index contributed by atoms with van der Waals surface area (Å²) in [5.74, 6) is 0.331. The zero-order valence-electron chi connectivity index (χ0n) is 17.5. The first-order valence-corrected chi connectivity index (χ1v) is 10.6. The molecule has 0 aliphatic carbocycles. The number of para-hydroxylation sites is 1. The molecule has 1 spiro atoms. The summed E-state index contributed by atoms with van der Waals surface area (Å²) in [5.41, 5.74) is 3.38. The molecule has 2 aliphatic rings. The number of esters is 1. The highest BCUT2D eigenvalue weighted by atomic mass is 16.5. The number of ether oxygens (including phenoxy) is 1. The summed E-state index contributed by atoms with van der Waals surface area (Å²) in [6.07, 6.45) is 4.29. The van der Waals surface area contributed by atoms with Crippen LogP contribution in [0.25, 0.3) is 10.9 Å². The van der Waals surface area contributed by atoms with E-state index in [2.05, 4.69) is 61.7 Å². The molecule has 7 nitrogen and oxygen atoms in total. The molecule has 5 rings (SSSR count). The van der Waals surface area contributed by atoms with Crippen LogP contribution < -0.4 is 4.90 Å². The molecule has 156 valence electrons. The highest BCUT2D eigenvalue weighted by Crippen LogP contribution is 2.41. The van der Waals surface area contributed by atoms with Crippen molar-refractivity contribution in [2.45, 2.75) is 19.9 Å². The molecule has 1 aromatic carbocycles. The van der Waals surface area contributed by atoms with Crippen LogP contribution in [0.1, 0.15) is 29.4 Å². The number of hydrogen-bond donors (Lipinski definition) is 0. The molecule has 7 heteroatoms. The molecule has 0 atom stereocenters. The number of anilines is 1. The predicted molar refractivity (Wildman–Crippen MR) is 115 cm³/mol. The lowest BCUT2D eigenvalue weighted by Crippen LogP contribution is -2.57. The van der Waals surface area contributed by atoms with Gasteiger partial charge >= 0.3 is 5.97 Å². The molecule has 2 aliphatic heterocycles. The van der Waals surface area contributed by atoms with Crippen molar-refractivity contribution in [2.24, 2.45) is 12.5 Å². The number of nitrogens with zero attached hydrogens (tertiary/aromatic N) is 5. The number of hydrogen-bond acceptors (Lipinski definition) is 6. The summed E-state index contributed by atoms with van der Waals surface area (Å²) in [6.45, 7) is 7.26. The molecule has 0 N–H and O–H groups in total. The van der Waals surface area contributed by atoms with Crippen molar-refractivity contribution in [3.05, 3.63) is 54.0 Å². The summed E-state index contributed by atoms with van der Waals surface area (Å²) in [5, 5.41) is 1.31. The third-order valence-electron chi connectivity index (χ3n) is 6.43. The number of benzene rings is 1. The lowest BCUT2D eigenvalue weighted by molar-refractivity contribution is 0.0102. The minimum Gasteiger partial charge on any atom is -0.462 e. The Bertz CT molecular complexity index is 1070. The largest absolute Gasteiger partial charge is 0.462 e. The van der Waals surface area contributed by atoms with Crippen LogP contribution in [0.3, 0.4) is 0 Å². The lowest BCUT2D eigenvalue weighted by Gasteiger charge is -2.48. The van der Waals surface area contributed by atoms with Gasteiger partial charge in [-0.2, -0.15) is 0 Å². The van der Waals surface area contributed by atoms with Gasteiger partial charge in [-0.3, -0.25) is 4.90 Å². The Kier molecular flexibility index (Phi) is 4.70. The second kappa shape index (κ2) is 7.40. The van der Waals surface area contributed by atoms with Gasteiger partial charge in [0.1, 0.15) is 0 Å². The van der Waals surface area contributed by atoms with Crippen LogP contribution in [0.4, 0.5) is 5.95 Å². The van der Waals surface area contributed by atoms with Gasteiger partial charge < -0.3 is 14.2 Å². The van der Waals surface area contributed by atoms with E-state index >= 15 is 0 Å². The van der Waals surface area contributed by atoms with Gasteiger partial charge in [-0.05, 0) is 30.9 Å². The van der Waals surface area contributed by atoms with Gasteiger partial charge in [-0.1, -0.05) is 18.2 Å². The summed E-state index contributed by atoms with van der Waals surface area (Å²) in [4.78, 5) is 25.4. The van der Waals surface area contributed by atoms with Crippen molar-refractivity contribution in [3.8, 4) is 0 Å². The first kappa shape index (κ1) is 19.1. The fourth-order valence-electron chi connectivity index (χ4n) is 4.91. The van der Waals surface area contributed by atoms with Crippen LogP contribution in [0.15, 0.2) is 42.7 Å². The Morgan fingerprint density at radius 2 is 1.93 bits per heavy atom. The molecule has 2 aromatic heterocycles. The third-order valence-corrected chi connectivity index (χ3v) is 6.43. The Morgan fingerprint density at radius 3 is 2.67 bits per heavy atom. The fourth-order valence-corrected chi connectivity index (χ4v) is 4.91. The number of carbonyl (C=O) groups is 1.